The lowest BCUT2D eigenvalue weighted by Gasteiger charge is -2.37. The Balaban J connectivity index is 2.70. The summed E-state index contributed by atoms with van der Waals surface area (Å²) in [5.74, 6) is -1.62. The van der Waals surface area contributed by atoms with Gasteiger partial charge in [0.25, 0.3) is 25.9 Å². The van der Waals surface area contributed by atoms with Crippen molar-refractivity contribution in [1.82, 2.24) is 0 Å². The fraction of sp³-hybridized carbons (Fsp3) is 0.286. The van der Waals surface area contributed by atoms with Crippen LogP contribution in [0.15, 0.2) is 48.6 Å². The Morgan fingerprint density at radius 1 is 1.15 bits per heavy atom. The van der Waals surface area contributed by atoms with Crippen molar-refractivity contribution < 1.29 is 30.9 Å². The molecule has 1 aliphatic carbocycles. The van der Waals surface area contributed by atoms with Gasteiger partial charge in [-0.15, -0.1) is 0 Å². The molecule has 142 valence electrons. The smallest absolute Gasteiger partial charge is 0.284 e. The first-order valence-electron chi connectivity index (χ1n) is 7.13. The first kappa shape index (κ1) is 20.2. The molecule has 0 heterocycles. The molecule has 0 amide bonds. The van der Waals surface area contributed by atoms with Gasteiger partial charge < -0.3 is 0 Å². The van der Waals surface area contributed by atoms with Gasteiger partial charge >= 0.3 is 0 Å². The Bertz CT molecular complexity index is 937. The zero-order valence-corrected chi connectivity index (χ0v) is 14.8. The molecule has 12 heteroatoms. The summed E-state index contributed by atoms with van der Waals surface area (Å²) in [6.45, 7) is 0. The number of hydrogen-bond donors (Lipinski definition) is 3. The molecule has 1 aliphatic rings. The highest BCUT2D eigenvalue weighted by Crippen LogP contribution is 2.44. The van der Waals surface area contributed by atoms with E-state index in [0.717, 1.165) is 18.2 Å². The molecule has 0 saturated heterocycles. The predicted molar refractivity (Wildman–Crippen MR) is 92.5 cm³/mol. The van der Waals surface area contributed by atoms with Gasteiger partial charge in [-0.05, 0) is 5.56 Å². The quantitative estimate of drug-likeness (QED) is 0.209. The number of nitrogens with zero attached hydrogens (tertiary/aromatic N) is 1. The van der Waals surface area contributed by atoms with Gasteiger partial charge in [-0.2, -0.15) is 16.8 Å². The molecule has 0 spiro atoms. The average molecular weight is 404 g/mol. The molecule has 2 atom stereocenters. The zero-order valence-electron chi connectivity index (χ0n) is 13.2. The Morgan fingerprint density at radius 3 is 2.15 bits per heavy atom. The lowest BCUT2D eigenvalue weighted by Crippen LogP contribution is -2.62. The van der Waals surface area contributed by atoms with E-state index in [9.17, 15) is 36.1 Å². The Hall–Kier alpha value is -2.12. The van der Waals surface area contributed by atoms with Crippen LogP contribution in [0.3, 0.4) is 0 Å². The van der Waals surface area contributed by atoms with Crippen LogP contribution < -0.4 is 5.73 Å². The van der Waals surface area contributed by atoms with Gasteiger partial charge in [0, 0.05) is 16.9 Å². The van der Waals surface area contributed by atoms with Crippen molar-refractivity contribution in [2.45, 2.75) is 16.2 Å². The van der Waals surface area contributed by atoms with Crippen LogP contribution in [0.4, 0.5) is 0 Å². The highest BCUT2D eigenvalue weighted by atomic mass is 32.3. The van der Waals surface area contributed by atoms with Crippen molar-refractivity contribution in [2.75, 3.05) is 0 Å². The minimum Gasteiger partial charge on any atom is -0.284 e. The van der Waals surface area contributed by atoms with E-state index < -0.39 is 47.2 Å². The van der Waals surface area contributed by atoms with E-state index in [-0.39, 0.29) is 0 Å². The van der Waals surface area contributed by atoms with Gasteiger partial charge in [0.2, 0.25) is 4.08 Å². The molecule has 2 rings (SSSR count). The Kier molecular flexibility index (Phi) is 5.09. The number of allylic oxidation sites excluding steroid dienone is 2. The normalized spacial score (nSPS) is 26.0. The molecule has 1 aromatic carbocycles. The van der Waals surface area contributed by atoms with Crippen LogP contribution in [0.5, 0.6) is 0 Å². The van der Waals surface area contributed by atoms with Crippen molar-refractivity contribution in [3.8, 4) is 0 Å². The molecule has 4 N–H and O–H groups in total. The fourth-order valence-corrected chi connectivity index (χ4v) is 5.66. The number of nitro groups is 1. The molecule has 1 aromatic rings. The summed E-state index contributed by atoms with van der Waals surface area (Å²) in [6.07, 6.45) is 2.79. The summed E-state index contributed by atoms with van der Waals surface area (Å²) in [4.78, 5) is 10.1. The number of rotatable bonds is 5. The van der Waals surface area contributed by atoms with Gasteiger partial charge in [-0.3, -0.25) is 25.0 Å². The number of hydrogen-bond acceptors (Lipinski definition) is 7. The summed E-state index contributed by atoms with van der Waals surface area (Å²) in [7, 11) is -11.1. The average Bonchev–Trinajstić information content (AvgIpc) is 2.52. The van der Waals surface area contributed by atoms with Crippen LogP contribution in [0.1, 0.15) is 12.0 Å². The highest BCUT2D eigenvalue weighted by molar-refractivity contribution is 8.05. The molecule has 10 nitrogen and oxygen atoms in total. The van der Waals surface area contributed by atoms with Gasteiger partial charge in [0.1, 0.15) is 0 Å². The molecular formula is C14H16N2O8S2. The van der Waals surface area contributed by atoms with E-state index in [1.165, 1.54) is 6.08 Å². The maximum atomic E-state index is 12.0. The molecule has 0 fully saturated rings. The predicted octanol–water partition coefficient (Wildman–Crippen LogP) is 0.680. The standard InChI is InChI=1S/C14H16N2O8S2/c15-13(16(17)18)9-8-12(7-6-11-4-2-1-3-5-11)14(10-13,25(19,20)21)26(22,23)24/h1-9,12H,10,15H2,(H,19,20,21)(H,22,23,24). The summed E-state index contributed by atoms with van der Waals surface area (Å²) >= 11 is 0. The molecule has 0 radical (unpaired) electrons. The number of benzene rings is 1. The van der Waals surface area contributed by atoms with Crippen LogP contribution in [-0.4, -0.2) is 40.6 Å². The Labute approximate surface area is 149 Å². The van der Waals surface area contributed by atoms with E-state index >= 15 is 0 Å². The van der Waals surface area contributed by atoms with Gasteiger partial charge in [0.15, 0.2) is 0 Å². The van der Waals surface area contributed by atoms with E-state index in [1.54, 1.807) is 30.3 Å². The maximum Gasteiger partial charge on any atom is 0.294 e. The van der Waals surface area contributed by atoms with Crippen molar-refractivity contribution in [1.29, 1.82) is 0 Å². The third-order valence-electron chi connectivity index (χ3n) is 4.14. The minimum atomic E-state index is -5.53. The summed E-state index contributed by atoms with van der Waals surface area (Å²) in [5, 5.41) is 11.2. The van der Waals surface area contributed by atoms with Crippen molar-refractivity contribution in [3.63, 3.8) is 0 Å². The van der Waals surface area contributed by atoms with Crippen molar-refractivity contribution in [3.05, 3.63) is 64.2 Å². The fourth-order valence-electron chi connectivity index (χ4n) is 2.76. The molecule has 0 saturated carbocycles. The summed E-state index contributed by atoms with van der Waals surface area (Å²) in [5.41, 5.74) is 3.44. The second kappa shape index (κ2) is 6.55. The zero-order chi connectivity index (χ0) is 19.8. The second-order valence-corrected chi connectivity index (χ2v) is 9.46. The largest absolute Gasteiger partial charge is 0.294 e. The monoisotopic (exact) mass is 404 g/mol. The second-order valence-electron chi connectivity index (χ2n) is 5.84. The molecule has 2 unspecified atom stereocenters. The number of nitrogens with two attached hydrogens (primary N) is 1. The van der Waals surface area contributed by atoms with E-state index in [1.807, 2.05) is 0 Å². The highest BCUT2D eigenvalue weighted by Gasteiger charge is 2.66. The topological polar surface area (TPSA) is 178 Å². The van der Waals surface area contributed by atoms with E-state index in [0.29, 0.717) is 5.56 Å². The third kappa shape index (κ3) is 3.41. The van der Waals surface area contributed by atoms with Crippen LogP contribution >= 0.6 is 0 Å². The Morgan fingerprint density at radius 2 is 1.69 bits per heavy atom. The van der Waals surface area contributed by atoms with Crippen LogP contribution in [0.25, 0.3) is 6.08 Å². The molecule has 0 bridgehead atoms. The summed E-state index contributed by atoms with van der Waals surface area (Å²) in [6, 6.07) is 8.34. The van der Waals surface area contributed by atoms with Gasteiger partial charge in [0.05, 0.1) is 6.42 Å². The maximum absolute atomic E-state index is 12.0. The van der Waals surface area contributed by atoms with Crippen LogP contribution in [-0.2, 0) is 20.2 Å². The van der Waals surface area contributed by atoms with Crippen LogP contribution in [0.2, 0.25) is 0 Å². The third-order valence-corrected chi connectivity index (χ3v) is 7.98. The lowest BCUT2D eigenvalue weighted by molar-refractivity contribution is -0.556. The SMILES string of the molecule is NC1([N+](=O)[O-])C=CC(C=Cc2ccccc2)C(S(=O)(=O)O)(S(=O)(=O)O)C1. The van der Waals surface area contributed by atoms with Gasteiger partial charge in [-0.1, -0.05) is 48.6 Å². The van der Waals surface area contributed by atoms with Gasteiger partial charge in [-0.25, -0.2) is 0 Å². The minimum absolute atomic E-state index is 0.569. The van der Waals surface area contributed by atoms with Crippen molar-refractivity contribution in [2.24, 2.45) is 11.7 Å². The van der Waals surface area contributed by atoms with E-state index in [2.05, 4.69) is 0 Å². The van der Waals surface area contributed by atoms with Crippen molar-refractivity contribution >= 4 is 26.3 Å². The molecule has 26 heavy (non-hydrogen) atoms. The first-order chi connectivity index (χ1) is 11.8. The molecular weight excluding hydrogens is 388 g/mol. The lowest BCUT2D eigenvalue weighted by atomic mass is 9.87. The van der Waals surface area contributed by atoms with E-state index in [4.69, 9.17) is 5.73 Å². The van der Waals surface area contributed by atoms with Crippen LogP contribution in [0, 0.1) is 16.0 Å². The summed E-state index contributed by atoms with van der Waals surface area (Å²) < 4.78 is 63.7. The first-order valence-corrected chi connectivity index (χ1v) is 10.0. The molecule has 0 aromatic heterocycles. The molecule has 0 aliphatic heterocycles.